The van der Waals surface area contributed by atoms with Crippen molar-refractivity contribution >= 4 is 0 Å². The molecule has 1 aliphatic heterocycles. The number of nitrogens with zero attached hydrogens (tertiary/aromatic N) is 1. The lowest BCUT2D eigenvalue weighted by atomic mass is 9.96. The van der Waals surface area contributed by atoms with E-state index in [4.69, 9.17) is 0 Å². The zero-order valence-corrected chi connectivity index (χ0v) is 13.4. The summed E-state index contributed by atoms with van der Waals surface area (Å²) in [5.41, 5.74) is 2.87. The molecule has 2 nitrogen and oxygen atoms in total. The van der Waals surface area contributed by atoms with Gasteiger partial charge in [0.05, 0.1) is 0 Å². The first kappa shape index (κ1) is 15.5. The van der Waals surface area contributed by atoms with Crippen molar-refractivity contribution in [2.24, 2.45) is 5.92 Å². The number of hydrogen-bond donors (Lipinski definition) is 1. The van der Waals surface area contributed by atoms with E-state index in [2.05, 4.69) is 55.4 Å². The van der Waals surface area contributed by atoms with Crippen molar-refractivity contribution in [2.75, 3.05) is 26.7 Å². The number of nitrogens with one attached hydrogen (secondary N) is 1. The van der Waals surface area contributed by atoms with Gasteiger partial charge in [-0.15, -0.1) is 0 Å². The van der Waals surface area contributed by atoms with Crippen molar-refractivity contribution in [1.29, 1.82) is 0 Å². The third kappa shape index (κ3) is 4.32. The maximum atomic E-state index is 3.79. The predicted molar refractivity (Wildman–Crippen MR) is 87.1 cm³/mol. The summed E-state index contributed by atoms with van der Waals surface area (Å²) < 4.78 is 0. The van der Waals surface area contributed by atoms with E-state index in [-0.39, 0.29) is 0 Å². The standard InChI is InChI=1S/C18H30N2/c1-4-15-8-10-17(11-9-15)18(5-2)19-13-16-7-6-12-20(3)14-16/h8-11,16,18-19H,4-7,12-14H2,1-3H3. The molecule has 0 amide bonds. The van der Waals surface area contributed by atoms with Crippen LogP contribution in [0.5, 0.6) is 0 Å². The van der Waals surface area contributed by atoms with Crippen LogP contribution < -0.4 is 5.32 Å². The van der Waals surface area contributed by atoms with Crippen LogP contribution in [0.15, 0.2) is 24.3 Å². The largest absolute Gasteiger partial charge is 0.310 e. The van der Waals surface area contributed by atoms with E-state index in [9.17, 15) is 0 Å². The van der Waals surface area contributed by atoms with E-state index in [0.717, 1.165) is 25.3 Å². The summed E-state index contributed by atoms with van der Waals surface area (Å²) in [6.07, 6.45) is 5.01. The molecule has 1 aromatic carbocycles. The molecule has 2 atom stereocenters. The normalized spacial score (nSPS) is 21.9. The highest BCUT2D eigenvalue weighted by Crippen LogP contribution is 2.20. The van der Waals surface area contributed by atoms with Crippen LogP contribution in [0.3, 0.4) is 0 Å². The average molecular weight is 274 g/mol. The second kappa shape index (κ2) is 7.80. The fraction of sp³-hybridized carbons (Fsp3) is 0.667. The molecule has 0 radical (unpaired) electrons. The summed E-state index contributed by atoms with van der Waals surface area (Å²) in [5.74, 6) is 0.817. The lowest BCUT2D eigenvalue weighted by Crippen LogP contribution is -2.38. The van der Waals surface area contributed by atoms with Crippen LogP contribution >= 0.6 is 0 Å². The Morgan fingerprint density at radius 3 is 2.60 bits per heavy atom. The molecule has 2 heteroatoms. The fourth-order valence-electron chi connectivity index (χ4n) is 3.23. The van der Waals surface area contributed by atoms with Gasteiger partial charge in [-0.3, -0.25) is 0 Å². The van der Waals surface area contributed by atoms with E-state index >= 15 is 0 Å². The van der Waals surface area contributed by atoms with E-state index in [1.807, 2.05) is 0 Å². The summed E-state index contributed by atoms with van der Waals surface area (Å²) in [7, 11) is 2.24. The van der Waals surface area contributed by atoms with Crippen LogP contribution in [0.25, 0.3) is 0 Å². The zero-order valence-electron chi connectivity index (χ0n) is 13.4. The smallest absolute Gasteiger partial charge is 0.0317 e. The van der Waals surface area contributed by atoms with Crippen LogP contribution in [-0.4, -0.2) is 31.6 Å². The minimum Gasteiger partial charge on any atom is -0.310 e. The van der Waals surface area contributed by atoms with Gasteiger partial charge >= 0.3 is 0 Å². The number of likely N-dealkylation sites (tertiary alicyclic amines) is 1. The molecule has 1 fully saturated rings. The number of piperidine rings is 1. The van der Waals surface area contributed by atoms with Crippen LogP contribution in [0.4, 0.5) is 0 Å². The Labute approximate surface area is 124 Å². The van der Waals surface area contributed by atoms with E-state index in [1.165, 1.54) is 37.1 Å². The molecule has 1 heterocycles. The average Bonchev–Trinajstić information content (AvgIpc) is 2.48. The molecule has 0 spiro atoms. The highest BCUT2D eigenvalue weighted by Gasteiger charge is 2.18. The Morgan fingerprint density at radius 2 is 2.00 bits per heavy atom. The number of rotatable bonds is 6. The predicted octanol–water partition coefficient (Wildman–Crippen LogP) is 3.63. The summed E-state index contributed by atoms with van der Waals surface area (Å²) in [6.45, 7) is 8.16. The third-order valence-electron chi connectivity index (χ3n) is 4.57. The molecule has 0 aromatic heterocycles. The first-order valence-electron chi connectivity index (χ1n) is 8.23. The van der Waals surface area contributed by atoms with Gasteiger partial charge in [0, 0.05) is 12.6 Å². The molecule has 2 unspecified atom stereocenters. The molecular formula is C18H30N2. The molecule has 1 aromatic rings. The summed E-state index contributed by atoms with van der Waals surface area (Å²) >= 11 is 0. The van der Waals surface area contributed by atoms with Crippen molar-refractivity contribution in [2.45, 2.75) is 45.6 Å². The van der Waals surface area contributed by atoms with Gasteiger partial charge in [0.2, 0.25) is 0 Å². The highest BCUT2D eigenvalue weighted by atomic mass is 15.1. The van der Waals surface area contributed by atoms with Gasteiger partial charge < -0.3 is 10.2 Å². The number of hydrogen-bond acceptors (Lipinski definition) is 2. The van der Waals surface area contributed by atoms with Gasteiger partial charge in [0.1, 0.15) is 0 Å². The van der Waals surface area contributed by atoms with E-state index in [1.54, 1.807) is 0 Å². The molecule has 112 valence electrons. The van der Waals surface area contributed by atoms with E-state index < -0.39 is 0 Å². The molecule has 1 aliphatic rings. The maximum absolute atomic E-state index is 3.79. The Kier molecular flexibility index (Phi) is 6.06. The van der Waals surface area contributed by atoms with Crippen molar-refractivity contribution in [3.8, 4) is 0 Å². The van der Waals surface area contributed by atoms with Gasteiger partial charge in [-0.2, -0.15) is 0 Å². The maximum Gasteiger partial charge on any atom is 0.0317 e. The number of aryl methyl sites for hydroxylation is 1. The lowest BCUT2D eigenvalue weighted by Gasteiger charge is -2.31. The van der Waals surface area contributed by atoms with Crippen LogP contribution in [-0.2, 0) is 6.42 Å². The number of benzene rings is 1. The van der Waals surface area contributed by atoms with Gasteiger partial charge in [0.15, 0.2) is 0 Å². The Hall–Kier alpha value is -0.860. The minimum absolute atomic E-state index is 0.508. The van der Waals surface area contributed by atoms with Crippen molar-refractivity contribution in [3.63, 3.8) is 0 Å². The molecule has 2 rings (SSSR count). The van der Waals surface area contributed by atoms with Gasteiger partial charge in [-0.25, -0.2) is 0 Å². The minimum atomic E-state index is 0.508. The van der Waals surface area contributed by atoms with Crippen molar-refractivity contribution < 1.29 is 0 Å². The molecule has 1 N–H and O–H groups in total. The monoisotopic (exact) mass is 274 g/mol. The second-order valence-corrected chi connectivity index (χ2v) is 6.23. The van der Waals surface area contributed by atoms with Gasteiger partial charge in [-0.1, -0.05) is 38.1 Å². The van der Waals surface area contributed by atoms with E-state index in [0.29, 0.717) is 6.04 Å². The van der Waals surface area contributed by atoms with Crippen molar-refractivity contribution in [1.82, 2.24) is 10.2 Å². The van der Waals surface area contributed by atoms with Crippen LogP contribution in [0.2, 0.25) is 0 Å². The second-order valence-electron chi connectivity index (χ2n) is 6.23. The topological polar surface area (TPSA) is 15.3 Å². The third-order valence-corrected chi connectivity index (χ3v) is 4.57. The van der Waals surface area contributed by atoms with Crippen LogP contribution in [0.1, 0.15) is 50.3 Å². The molecule has 0 saturated carbocycles. The Bertz CT molecular complexity index is 385. The molecule has 0 bridgehead atoms. The molecular weight excluding hydrogens is 244 g/mol. The van der Waals surface area contributed by atoms with Gasteiger partial charge in [0.25, 0.3) is 0 Å². The Morgan fingerprint density at radius 1 is 1.25 bits per heavy atom. The zero-order chi connectivity index (χ0) is 14.4. The highest BCUT2D eigenvalue weighted by molar-refractivity contribution is 5.25. The SMILES string of the molecule is CCc1ccc(C(CC)NCC2CCCN(C)C2)cc1. The molecule has 20 heavy (non-hydrogen) atoms. The van der Waals surface area contributed by atoms with Crippen molar-refractivity contribution in [3.05, 3.63) is 35.4 Å². The summed E-state index contributed by atoms with van der Waals surface area (Å²) in [4.78, 5) is 2.47. The Balaban J connectivity index is 1.87. The molecule has 0 aliphatic carbocycles. The fourth-order valence-corrected chi connectivity index (χ4v) is 3.23. The first-order valence-corrected chi connectivity index (χ1v) is 8.23. The summed E-state index contributed by atoms with van der Waals surface area (Å²) in [6, 6.07) is 9.65. The first-order chi connectivity index (χ1) is 9.72. The quantitative estimate of drug-likeness (QED) is 0.852. The van der Waals surface area contributed by atoms with Crippen LogP contribution in [0, 0.1) is 5.92 Å². The lowest BCUT2D eigenvalue weighted by molar-refractivity contribution is 0.202. The molecule has 1 saturated heterocycles. The summed E-state index contributed by atoms with van der Waals surface area (Å²) in [5, 5.41) is 3.79. The van der Waals surface area contributed by atoms with Gasteiger partial charge in [-0.05, 0) is 62.9 Å².